The number of phosphoric acid groups is 1. The van der Waals surface area contributed by atoms with Crippen molar-refractivity contribution < 1.29 is 33.5 Å². The first-order chi connectivity index (χ1) is 20.8. The lowest BCUT2D eigenvalue weighted by Crippen LogP contribution is -2.47. The molecular formula is C33H69N2O7P. The first-order valence-corrected chi connectivity index (χ1v) is 19.2. The molecule has 0 bridgehead atoms. The number of aliphatic hydroxyl groups excluding tert-OH is 2. The van der Waals surface area contributed by atoms with Gasteiger partial charge < -0.3 is 26.2 Å². The van der Waals surface area contributed by atoms with Crippen LogP contribution >= 0.6 is 7.82 Å². The highest BCUT2D eigenvalue weighted by Gasteiger charge is 2.28. The van der Waals surface area contributed by atoms with Gasteiger partial charge in [-0.25, -0.2) is 4.57 Å². The second-order valence-corrected chi connectivity index (χ2v) is 13.7. The number of unbranched alkanes of at least 4 members (excludes halogenated alkanes) is 19. The number of carbonyl (C=O) groups is 1. The Kier molecular flexibility index (Phi) is 29.8. The van der Waals surface area contributed by atoms with Crippen LogP contribution in [0.25, 0.3) is 0 Å². The van der Waals surface area contributed by atoms with E-state index in [4.69, 9.17) is 14.8 Å². The molecule has 0 fully saturated rings. The molecule has 0 heterocycles. The molecular weight excluding hydrogens is 567 g/mol. The second kappa shape index (κ2) is 30.1. The molecule has 6 N–H and O–H groups in total. The van der Waals surface area contributed by atoms with E-state index in [2.05, 4.69) is 19.2 Å². The Hall–Kier alpha value is -0.540. The Labute approximate surface area is 264 Å². The summed E-state index contributed by atoms with van der Waals surface area (Å²) in [5.74, 6) is -0.415. The lowest BCUT2D eigenvalue weighted by atomic mass is 10.0. The highest BCUT2D eigenvalue weighted by atomic mass is 31.2. The summed E-state index contributed by atoms with van der Waals surface area (Å²) >= 11 is 0. The fourth-order valence-electron chi connectivity index (χ4n) is 5.30. The quantitative estimate of drug-likeness (QED) is 0.0363. The largest absolute Gasteiger partial charge is 0.472 e. The number of nitrogens with two attached hydrogens (primary N) is 1. The normalized spacial score (nSPS) is 15.2. The van der Waals surface area contributed by atoms with Gasteiger partial charge in [0.15, 0.2) is 0 Å². The van der Waals surface area contributed by atoms with Gasteiger partial charge in [0.1, 0.15) is 0 Å². The summed E-state index contributed by atoms with van der Waals surface area (Å²) in [4.78, 5) is 22.6. The molecule has 0 aromatic rings. The van der Waals surface area contributed by atoms with E-state index in [1.165, 1.54) is 96.3 Å². The zero-order chi connectivity index (χ0) is 32.0. The van der Waals surface area contributed by atoms with Gasteiger partial charge in [0.05, 0.1) is 37.9 Å². The first kappa shape index (κ1) is 42.5. The molecule has 10 heteroatoms. The van der Waals surface area contributed by atoms with Gasteiger partial charge in [0.2, 0.25) is 5.91 Å². The van der Waals surface area contributed by atoms with Crippen LogP contribution in [0.3, 0.4) is 0 Å². The minimum absolute atomic E-state index is 0.0619. The number of aliphatic hydroxyl groups is 2. The molecule has 0 aromatic carbocycles. The van der Waals surface area contributed by atoms with Crippen LogP contribution in [-0.2, 0) is 18.4 Å². The van der Waals surface area contributed by atoms with Gasteiger partial charge in [0, 0.05) is 6.54 Å². The van der Waals surface area contributed by atoms with Crippen LogP contribution in [0.15, 0.2) is 0 Å². The van der Waals surface area contributed by atoms with Gasteiger partial charge in [-0.3, -0.25) is 13.8 Å². The number of rotatable bonds is 33. The summed E-state index contributed by atoms with van der Waals surface area (Å²) in [7, 11) is -4.36. The minimum Gasteiger partial charge on any atom is -0.393 e. The molecule has 258 valence electrons. The average molecular weight is 637 g/mol. The van der Waals surface area contributed by atoms with E-state index in [0.717, 1.165) is 38.5 Å². The van der Waals surface area contributed by atoms with Crippen LogP contribution in [-0.4, -0.2) is 59.0 Å². The van der Waals surface area contributed by atoms with Gasteiger partial charge in [-0.05, 0) is 12.8 Å². The Morgan fingerprint density at radius 2 is 1.12 bits per heavy atom. The van der Waals surface area contributed by atoms with E-state index in [0.29, 0.717) is 12.8 Å². The summed E-state index contributed by atoms with van der Waals surface area (Å²) in [6, 6.07) is -0.887. The van der Waals surface area contributed by atoms with Crippen LogP contribution in [0.2, 0.25) is 0 Å². The van der Waals surface area contributed by atoms with Crippen molar-refractivity contribution in [1.82, 2.24) is 5.32 Å². The third-order valence-corrected chi connectivity index (χ3v) is 9.00. The lowest BCUT2D eigenvalue weighted by Gasteiger charge is -2.25. The number of hydrogen-bond donors (Lipinski definition) is 5. The highest BCUT2D eigenvalue weighted by Crippen LogP contribution is 2.43. The number of amides is 1. The lowest BCUT2D eigenvalue weighted by molar-refractivity contribution is -0.125. The van der Waals surface area contributed by atoms with Crippen molar-refractivity contribution in [2.45, 2.75) is 186 Å². The summed E-state index contributed by atoms with van der Waals surface area (Å²) in [5.41, 5.74) is 5.33. The van der Waals surface area contributed by atoms with Crippen molar-refractivity contribution in [2.75, 3.05) is 19.8 Å². The highest BCUT2D eigenvalue weighted by molar-refractivity contribution is 7.47. The zero-order valence-corrected chi connectivity index (χ0v) is 28.7. The fraction of sp³-hybridized carbons (Fsp3) is 0.970. The van der Waals surface area contributed by atoms with Crippen molar-refractivity contribution in [3.8, 4) is 0 Å². The molecule has 0 radical (unpaired) electrons. The molecule has 0 aliphatic carbocycles. The van der Waals surface area contributed by atoms with Crippen molar-refractivity contribution in [3.05, 3.63) is 0 Å². The maximum absolute atomic E-state index is 12.7. The Bertz CT molecular complexity index is 671. The van der Waals surface area contributed by atoms with Crippen LogP contribution in [0.1, 0.15) is 168 Å². The number of nitrogens with one attached hydrogen (secondary N) is 1. The van der Waals surface area contributed by atoms with E-state index >= 15 is 0 Å². The van der Waals surface area contributed by atoms with Crippen molar-refractivity contribution >= 4 is 13.7 Å². The van der Waals surface area contributed by atoms with E-state index in [9.17, 15) is 24.5 Å². The predicted molar refractivity (Wildman–Crippen MR) is 177 cm³/mol. The number of phosphoric ester groups is 1. The molecule has 43 heavy (non-hydrogen) atoms. The van der Waals surface area contributed by atoms with Gasteiger partial charge in [-0.15, -0.1) is 0 Å². The monoisotopic (exact) mass is 636 g/mol. The van der Waals surface area contributed by atoms with Gasteiger partial charge >= 0.3 is 7.82 Å². The summed E-state index contributed by atoms with van der Waals surface area (Å²) < 4.78 is 21.9. The van der Waals surface area contributed by atoms with Crippen LogP contribution in [0.4, 0.5) is 0 Å². The minimum atomic E-state index is -4.36. The van der Waals surface area contributed by atoms with E-state index in [-0.39, 0.29) is 26.2 Å². The molecule has 9 nitrogen and oxygen atoms in total. The Balaban J connectivity index is 4.38. The second-order valence-electron chi connectivity index (χ2n) is 12.3. The van der Waals surface area contributed by atoms with Crippen LogP contribution in [0.5, 0.6) is 0 Å². The maximum atomic E-state index is 12.7. The van der Waals surface area contributed by atoms with Crippen molar-refractivity contribution in [2.24, 2.45) is 5.73 Å². The van der Waals surface area contributed by atoms with Gasteiger partial charge in [-0.2, -0.15) is 0 Å². The summed E-state index contributed by atoms with van der Waals surface area (Å²) in [6.07, 6.45) is 24.4. The van der Waals surface area contributed by atoms with E-state index in [1.807, 2.05) is 0 Å². The Morgan fingerprint density at radius 3 is 1.56 bits per heavy atom. The van der Waals surface area contributed by atoms with Crippen molar-refractivity contribution in [1.29, 1.82) is 0 Å². The summed E-state index contributed by atoms with van der Waals surface area (Å²) in [5, 5.41) is 23.9. The molecule has 4 unspecified atom stereocenters. The topological polar surface area (TPSA) is 151 Å². The predicted octanol–water partition coefficient (Wildman–Crippen LogP) is 7.69. The van der Waals surface area contributed by atoms with Crippen molar-refractivity contribution in [3.63, 3.8) is 0 Å². The Morgan fingerprint density at radius 1 is 0.698 bits per heavy atom. The molecule has 4 atom stereocenters. The van der Waals surface area contributed by atoms with Gasteiger partial charge in [-0.1, -0.05) is 149 Å². The van der Waals surface area contributed by atoms with Gasteiger partial charge in [0.25, 0.3) is 0 Å². The maximum Gasteiger partial charge on any atom is 0.472 e. The fourth-order valence-corrected chi connectivity index (χ4v) is 6.06. The average Bonchev–Trinajstić information content (AvgIpc) is 2.97. The first-order valence-electron chi connectivity index (χ1n) is 17.7. The molecule has 0 aliphatic heterocycles. The smallest absolute Gasteiger partial charge is 0.393 e. The molecule has 0 spiro atoms. The van der Waals surface area contributed by atoms with E-state index in [1.54, 1.807) is 0 Å². The zero-order valence-electron chi connectivity index (χ0n) is 27.8. The molecule has 0 saturated carbocycles. The van der Waals surface area contributed by atoms with Crippen LogP contribution < -0.4 is 11.1 Å². The molecule has 1 amide bonds. The number of carbonyl (C=O) groups excluding carboxylic acids is 1. The molecule has 0 aromatic heterocycles. The molecule has 0 rings (SSSR count). The molecule has 0 aliphatic rings. The molecule has 0 saturated heterocycles. The van der Waals surface area contributed by atoms with E-state index < -0.39 is 32.0 Å². The SMILES string of the molecule is CCCCCCCCCCCCCCC(O)CC(=O)NC(COP(=O)(O)OCCN)C(O)CCCCCCCCCCC. The standard InChI is InChI=1S/C33H69N2O7P/c1-3-5-7-9-11-13-14-15-17-18-20-22-24-30(36)28-33(38)35-31(29-42-43(39,40)41-27-26-34)32(37)25-23-21-19-16-12-10-8-6-4-2/h30-32,36-37H,3-29,34H2,1-2H3,(H,35,38)(H,39,40). The summed E-state index contributed by atoms with van der Waals surface area (Å²) in [6.45, 7) is 4.00. The third-order valence-electron chi connectivity index (χ3n) is 8.02. The number of hydrogen-bond acceptors (Lipinski definition) is 7. The third kappa shape index (κ3) is 28.7. The van der Waals surface area contributed by atoms with Crippen LogP contribution in [0, 0.1) is 0 Å².